The van der Waals surface area contributed by atoms with E-state index in [4.69, 9.17) is 19.3 Å². The van der Waals surface area contributed by atoms with E-state index in [1.54, 1.807) is 0 Å². The van der Waals surface area contributed by atoms with Crippen LogP contribution in [0.25, 0.3) is 0 Å². The molecule has 0 aromatic heterocycles. The minimum Gasteiger partial charge on any atom is -0.394 e. The predicted molar refractivity (Wildman–Crippen MR) is 81.1 cm³/mol. The monoisotopic (exact) mass is 381 g/mol. The fourth-order valence-corrected chi connectivity index (χ4v) is 2.90. The molecule has 0 amide bonds. The summed E-state index contributed by atoms with van der Waals surface area (Å²) >= 11 is 3.92. The van der Waals surface area contributed by atoms with Crippen LogP contribution in [-0.2, 0) is 14.2 Å². The maximum Gasteiger partial charge on any atom is 0.187 e. The minimum atomic E-state index is -1.68. The second-order valence-electron chi connectivity index (χ2n) is 5.53. The molecule has 7 N–H and O–H groups in total. The quantitative estimate of drug-likeness (QED) is 0.175. The first-order valence-electron chi connectivity index (χ1n) is 7.08. The number of ether oxygens (including phenoxy) is 3. The molecule has 12 heteroatoms. The molecule has 0 saturated carbocycles. The van der Waals surface area contributed by atoms with Crippen LogP contribution in [-0.4, -0.2) is 139 Å². The Morgan fingerprint density at radius 1 is 0.750 bits per heavy atom. The van der Waals surface area contributed by atoms with Gasteiger partial charge in [-0.2, -0.15) is 0 Å². The molecule has 2 rings (SSSR count). The Morgan fingerprint density at radius 3 is 1.88 bits per heavy atom. The van der Waals surface area contributed by atoms with Crippen molar-refractivity contribution < 1.29 is 50.0 Å². The van der Waals surface area contributed by atoms with Crippen molar-refractivity contribution in [2.24, 2.45) is 0 Å². The van der Waals surface area contributed by atoms with Crippen LogP contribution >= 0.6 is 12.6 Å². The van der Waals surface area contributed by atoms with Crippen molar-refractivity contribution >= 4 is 42.2 Å². The molecular formula is C12H22NaO10S. The van der Waals surface area contributed by atoms with Gasteiger partial charge in [-0.15, -0.1) is 12.6 Å². The smallest absolute Gasteiger partial charge is 0.187 e. The molecule has 0 aliphatic carbocycles. The third-order valence-electron chi connectivity index (χ3n) is 3.98. The maximum atomic E-state index is 10.1. The summed E-state index contributed by atoms with van der Waals surface area (Å²) in [6.45, 7) is -1.21. The zero-order chi connectivity index (χ0) is 17.3. The standard InChI is InChI=1S/C12H22O10S.Na/c13-1-3-5(15)6(16)8(18)11(20-3)22-10-4(2-14)21-12(23)9(19)7(10)17;/h3-19,23H,1-2H2;/t3-,4-,5-,6+,7-,8-,9-,10-,11-,12+;/m1./s1. The van der Waals surface area contributed by atoms with Crippen LogP contribution in [0.15, 0.2) is 0 Å². The van der Waals surface area contributed by atoms with Gasteiger partial charge < -0.3 is 50.0 Å². The zero-order valence-electron chi connectivity index (χ0n) is 13.0. The van der Waals surface area contributed by atoms with E-state index in [-0.39, 0.29) is 29.6 Å². The van der Waals surface area contributed by atoms with Gasteiger partial charge in [0, 0.05) is 29.6 Å². The van der Waals surface area contributed by atoms with Gasteiger partial charge in [-0.05, 0) is 0 Å². The molecule has 0 spiro atoms. The molecular weight excluding hydrogens is 359 g/mol. The second kappa shape index (κ2) is 9.76. The fourth-order valence-electron chi connectivity index (χ4n) is 2.57. The third-order valence-corrected chi connectivity index (χ3v) is 4.41. The van der Waals surface area contributed by atoms with E-state index in [9.17, 15) is 30.6 Å². The molecule has 2 fully saturated rings. The van der Waals surface area contributed by atoms with E-state index < -0.39 is 73.8 Å². The van der Waals surface area contributed by atoms with E-state index >= 15 is 0 Å². The van der Waals surface area contributed by atoms with Gasteiger partial charge in [0.25, 0.3) is 0 Å². The molecule has 1 radical (unpaired) electrons. The van der Waals surface area contributed by atoms with Crippen LogP contribution in [0.4, 0.5) is 0 Å². The largest absolute Gasteiger partial charge is 0.394 e. The average Bonchev–Trinajstić information content (AvgIpc) is 2.55. The van der Waals surface area contributed by atoms with Crippen LogP contribution in [0.5, 0.6) is 0 Å². The van der Waals surface area contributed by atoms with Gasteiger partial charge in [-0.1, -0.05) is 0 Å². The Hall–Kier alpha value is 0.950. The molecule has 2 aliphatic heterocycles. The molecule has 137 valence electrons. The first-order valence-corrected chi connectivity index (χ1v) is 7.60. The molecule has 0 unspecified atom stereocenters. The summed E-state index contributed by atoms with van der Waals surface area (Å²) in [5.41, 5.74) is -1.04. The Labute approximate surface area is 165 Å². The first-order chi connectivity index (χ1) is 10.8. The molecule has 0 bridgehead atoms. The van der Waals surface area contributed by atoms with Crippen molar-refractivity contribution in [1.29, 1.82) is 0 Å². The van der Waals surface area contributed by atoms with Gasteiger partial charge in [-0.25, -0.2) is 0 Å². The van der Waals surface area contributed by atoms with Crippen molar-refractivity contribution in [2.75, 3.05) is 13.2 Å². The van der Waals surface area contributed by atoms with Gasteiger partial charge in [0.1, 0.15) is 54.3 Å². The summed E-state index contributed by atoms with van der Waals surface area (Å²) < 4.78 is 15.7. The normalized spacial score (nSPS) is 49.5. The van der Waals surface area contributed by atoms with Crippen LogP contribution in [0.1, 0.15) is 0 Å². The van der Waals surface area contributed by atoms with Crippen LogP contribution in [0, 0.1) is 0 Å². The summed E-state index contributed by atoms with van der Waals surface area (Å²) in [4.78, 5) is 0. The van der Waals surface area contributed by atoms with Crippen molar-refractivity contribution in [1.82, 2.24) is 0 Å². The summed E-state index contributed by atoms with van der Waals surface area (Å²) in [6, 6.07) is 0. The van der Waals surface area contributed by atoms with Gasteiger partial charge >= 0.3 is 0 Å². The van der Waals surface area contributed by atoms with E-state index in [0.717, 1.165) is 0 Å². The molecule has 10 atom stereocenters. The number of aliphatic hydroxyl groups excluding tert-OH is 7. The molecule has 10 nitrogen and oxygen atoms in total. The van der Waals surface area contributed by atoms with Crippen molar-refractivity contribution in [3.63, 3.8) is 0 Å². The van der Waals surface area contributed by atoms with Gasteiger partial charge in [0.2, 0.25) is 0 Å². The molecule has 0 aromatic carbocycles. The maximum absolute atomic E-state index is 10.1. The molecule has 2 heterocycles. The topological polar surface area (TPSA) is 169 Å². The van der Waals surface area contributed by atoms with E-state index in [1.807, 2.05) is 0 Å². The van der Waals surface area contributed by atoms with Crippen molar-refractivity contribution in [2.45, 2.75) is 60.6 Å². The summed E-state index contributed by atoms with van der Waals surface area (Å²) in [5.74, 6) is 0. The number of hydrogen-bond donors (Lipinski definition) is 8. The Morgan fingerprint density at radius 2 is 1.33 bits per heavy atom. The molecule has 24 heavy (non-hydrogen) atoms. The minimum absolute atomic E-state index is 0. The zero-order valence-corrected chi connectivity index (χ0v) is 15.9. The fraction of sp³-hybridized carbons (Fsp3) is 1.00. The Kier molecular flexibility index (Phi) is 9.35. The SMILES string of the molecule is OC[C@H]1O[C@H](O[C@H]2[C@H](O)[C@@H](O)[C@H](S)O[C@@H]2CO)[C@H](O)[C@@H](O)[C@@H]1O.[Na]. The summed E-state index contributed by atoms with van der Waals surface area (Å²) in [7, 11) is 0. The Bertz CT molecular complexity index is 389. The van der Waals surface area contributed by atoms with Crippen molar-refractivity contribution in [3.8, 4) is 0 Å². The van der Waals surface area contributed by atoms with E-state index in [1.165, 1.54) is 0 Å². The van der Waals surface area contributed by atoms with Crippen LogP contribution < -0.4 is 0 Å². The molecule has 0 aromatic rings. The number of thiol groups is 1. The number of aliphatic hydroxyl groups is 7. The van der Waals surface area contributed by atoms with E-state index in [0.29, 0.717) is 0 Å². The number of rotatable bonds is 4. The van der Waals surface area contributed by atoms with Crippen LogP contribution in [0.3, 0.4) is 0 Å². The third kappa shape index (κ3) is 4.61. The van der Waals surface area contributed by atoms with Gasteiger partial charge in [-0.3, -0.25) is 0 Å². The van der Waals surface area contributed by atoms with E-state index in [2.05, 4.69) is 12.6 Å². The average molecular weight is 381 g/mol. The van der Waals surface area contributed by atoms with Gasteiger partial charge in [0.05, 0.1) is 13.2 Å². The summed E-state index contributed by atoms with van der Waals surface area (Å²) in [5, 5.41) is 67.6. The molecule has 2 aliphatic rings. The Balaban J connectivity index is 0.00000288. The predicted octanol–water partition coefficient (Wildman–Crippen LogP) is -4.84. The summed E-state index contributed by atoms with van der Waals surface area (Å²) in [6.07, 6.45) is -12.9. The van der Waals surface area contributed by atoms with Gasteiger partial charge in [0.15, 0.2) is 6.29 Å². The second-order valence-corrected chi connectivity index (χ2v) is 6.04. The number of hydrogen-bond acceptors (Lipinski definition) is 11. The molecule has 2 saturated heterocycles. The van der Waals surface area contributed by atoms with Crippen molar-refractivity contribution in [3.05, 3.63) is 0 Å². The van der Waals surface area contributed by atoms with Crippen LogP contribution in [0.2, 0.25) is 0 Å². The first kappa shape index (κ1) is 23.0.